The van der Waals surface area contributed by atoms with Crippen molar-refractivity contribution in [3.8, 4) is 0 Å². The van der Waals surface area contributed by atoms with E-state index in [0.717, 1.165) is 5.52 Å². The highest BCUT2D eigenvalue weighted by molar-refractivity contribution is 5.42. The molecule has 0 saturated heterocycles. The first-order valence-corrected chi connectivity index (χ1v) is 2.75. The minimum atomic E-state index is 1.01. The standard InChI is InChI=1S/C7H5N2/c1-2-7-6-8-3-5-9(7)4-1/h1,3-6H. The Morgan fingerprint density at radius 3 is 3.33 bits per heavy atom. The molecule has 1 radical (unpaired) electrons. The van der Waals surface area contributed by atoms with Crippen molar-refractivity contribution >= 4 is 5.52 Å². The number of hydrogen-bond donors (Lipinski definition) is 0. The van der Waals surface area contributed by atoms with Crippen molar-refractivity contribution in [1.82, 2.24) is 9.38 Å². The van der Waals surface area contributed by atoms with Gasteiger partial charge in [0, 0.05) is 24.7 Å². The van der Waals surface area contributed by atoms with Crippen molar-refractivity contribution < 1.29 is 0 Å². The van der Waals surface area contributed by atoms with Gasteiger partial charge in [-0.1, -0.05) is 0 Å². The molecule has 2 heteroatoms. The van der Waals surface area contributed by atoms with E-state index in [-0.39, 0.29) is 0 Å². The van der Waals surface area contributed by atoms with E-state index in [9.17, 15) is 0 Å². The van der Waals surface area contributed by atoms with Crippen LogP contribution >= 0.6 is 0 Å². The molecule has 0 N–H and O–H groups in total. The molecule has 0 aromatic carbocycles. The Morgan fingerprint density at radius 1 is 1.44 bits per heavy atom. The third-order valence-electron chi connectivity index (χ3n) is 1.25. The van der Waals surface area contributed by atoms with Gasteiger partial charge < -0.3 is 4.40 Å². The van der Waals surface area contributed by atoms with Crippen molar-refractivity contribution in [2.45, 2.75) is 0 Å². The minimum Gasteiger partial charge on any atom is -0.320 e. The van der Waals surface area contributed by atoms with E-state index in [1.165, 1.54) is 0 Å². The summed E-state index contributed by atoms with van der Waals surface area (Å²) in [6.45, 7) is 0. The van der Waals surface area contributed by atoms with Gasteiger partial charge in [0.05, 0.1) is 11.7 Å². The van der Waals surface area contributed by atoms with Crippen LogP contribution in [-0.4, -0.2) is 9.38 Å². The van der Waals surface area contributed by atoms with Crippen LogP contribution in [0.15, 0.2) is 30.9 Å². The fourth-order valence-corrected chi connectivity index (χ4v) is 0.816. The number of fused-ring (bicyclic) bond motifs is 1. The summed E-state index contributed by atoms with van der Waals surface area (Å²) < 4.78 is 1.97. The average Bonchev–Trinajstić information content (AvgIpc) is 2.33. The lowest BCUT2D eigenvalue weighted by Crippen LogP contribution is -1.79. The zero-order valence-electron chi connectivity index (χ0n) is 4.78. The van der Waals surface area contributed by atoms with Crippen molar-refractivity contribution in [2.75, 3.05) is 0 Å². The van der Waals surface area contributed by atoms with Gasteiger partial charge in [0.1, 0.15) is 0 Å². The second kappa shape index (κ2) is 1.58. The van der Waals surface area contributed by atoms with Gasteiger partial charge in [0.25, 0.3) is 0 Å². The van der Waals surface area contributed by atoms with Gasteiger partial charge in [-0.25, -0.2) is 0 Å². The van der Waals surface area contributed by atoms with E-state index in [4.69, 9.17) is 0 Å². The van der Waals surface area contributed by atoms with Gasteiger partial charge in [-0.05, 0) is 6.07 Å². The van der Waals surface area contributed by atoms with Crippen molar-refractivity contribution in [1.29, 1.82) is 0 Å². The van der Waals surface area contributed by atoms with E-state index >= 15 is 0 Å². The lowest BCUT2D eigenvalue weighted by molar-refractivity contribution is 1.14. The average molecular weight is 117 g/mol. The lowest BCUT2D eigenvalue weighted by Gasteiger charge is -1.87. The Labute approximate surface area is 52.8 Å². The fourth-order valence-electron chi connectivity index (χ4n) is 0.816. The fraction of sp³-hybridized carbons (Fsp3) is 0. The second-order valence-electron chi connectivity index (χ2n) is 1.83. The van der Waals surface area contributed by atoms with Crippen LogP contribution in [0.5, 0.6) is 0 Å². The number of rotatable bonds is 0. The molecule has 0 bridgehead atoms. The van der Waals surface area contributed by atoms with E-state index in [0.29, 0.717) is 0 Å². The molecule has 0 atom stereocenters. The van der Waals surface area contributed by atoms with Gasteiger partial charge >= 0.3 is 0 Å². The second-order valence-corrected chi connectivity index (χ2v) is 1.83. The molecule has 43 valence electrons. The maximum atomic E-state index is 3.93. The van der Waals surface area contributed by atoms with E-state index < -0.39 is 0 Å². The van der Waals surface area contributed by atoms with Crippen LogP contribution < -0.4 is 0 Å². The van der Waals surface area contributed by atoms with Crippen LogP contribution in [0.2, 0.25) is 0 Å². The van der Waals surface area contributed by atoms with Crippen LogP contribution in [0.3, 0.4) is 0 Å². The molecular weight excluding hydrogens is 112 g/mol. The topological polar surface area (TPSA) is 17.3 Å². The lowest BCUT2D eigenvalue weighted by atomic mass is 10.5. The summed E-state index contributed by atoms with van der Waals surface area (Å²) in [5, 5.41) is 0. The van der Waals surface area contributed by atoms with E-state index in [1.807, 2.05) is 22.9 Å². The first kappa shape index (κ1) is 4.56. The highest BCUT2D eigenvalue weighted by atomic mass is 14.9. The number of hydrogen-bond acceptors (Lipinski definition) is 1. The molecule has 0 aliphatic carbocycles. The molecule has 0 aliphatic heterocycles. The summed E-state index contributed by atoms with van der Waals surface area (Å²) in [4.78, 5) is 3.93. The molecule has 0 spiro atoms. The third-order valence-corrected chi connectivity index (χ3v) is 1.25. The van der Waals surface area contributed by atoms with Gasteiger partial charge in [-0.3, -0.25) is 4.98 Å². The monoisotopic (exact) mass is 117 g/mol. The van der Waals surface area contributed by atoms with Crippen molar-refractivity contribution in [2.24, 2.45) is 0 Å². The first-order valence-electron chi connectivity index (χ1n) is 2.75. The Morgan fingerprint density at radius 2 is 2.44 bits per heavy atom. The molecule has 2 nitrogen and oxygen atoms in total. The summed E-state index contributed by atoms with van der Waals surface area (Å²) in [6.07, 6.45) is 7.36. The normalized spacial score (nSPS) is 10.2. The summed E-state index contributed by atoms with van der Waals surface area (Å²) in [5.74, 6) is 0. The first-order chi connectivity index (χ1) is 4.47. The molecule has 0 fully saturated rings. The van der Waals surface area contributed by atoms with E-state index in [2.05, 4.69) is 11.1 Å². The predicted molar refractivity (Wildman–Crippen MR) is 34.0 cm³/mol. The maximum Gasteiger partial charge on any atom is 0.0714 e. The summed E-state index contributed by atoms with van der Waals surface area (Å²) in [5.41, 5.74) is 1.01. The number of nitrogens with zero attached hydrogens (tertiary/aromatic N) is 2. The summed E-state index contributed by atoms with van der Waals surface area (Å²) in [6, 6.07) is 4.89. The number of aromatic nitrogens is 2. The minimum absolute atomic E-state index is 1.01. The Kier molecular flexibility index (Phi) is 0.803. The summed E-state index contributed by atoms with van der Waals surface area (Å²) >= 11 is 0. The molecule has 0 saturated carbocycles. The van der Waals surface area contributed by atoms with Gasteiger partial charge in [-0.15, -0.1) is 0 Å². The molecule has 2 aromatic heterocycles. The SMILES string of the molecule is [c]1ccn2ccncc12. The quantitative estimate of drug-likeness (QED) is 0.505. The van der Waals surface area contributed by atoms with Crippen LogP contribution in [0, 0.1) is 6.07 Å². The Bertz CT molecular complexity index is 281. The zero-order chi connectivity index (χ0) is 6.10. The molecule has 0 unspecified atom stereocenters. The molecule has 0 amide bonds. The molecule has 2 heterocycles. The highest BCUT2D eigenvalue weighted by Gasteiger charge is 1.85. The van der Waals surface area contributed by atoms with E-state index in [1.54, 1.807) is 12.4 Å². The van der Waals surface area contributed by atoms with Crippen LogP contribution in [-0.2, 0) is 0 Å². The molecule has 0 aliphatic rings. The van der Waals surface area contributed by atoms with Crippen molar-refractivity contribution in [3.05, 3.63) is 36.9 Å². The van der Waals surface area contributed by atoms with Gasteiger partial charge in [0.15, 0.2) is 0 Å². The Balaban J connectivity index is 2.95. The molecule has 2 rings (SSSR count). The zero-order valence-corrected chi connectivity index (χ0v) is 4.78. The predicted octanol–water partition coefficient (Wildman–Crippen LogP) is 1.13. The maximum absolute atomic E-state index is 3.93. The van der Waals surface area contributed by atoms with Crippen LogP contribution in [0.1, 0.15) is 0 Å². The van der Waals surface area contributed by atoms with Crippen molar-refractivity contribution in [3.63, 3.8) is 0 Å². The van der Waals surface area contributed by atoms with Crippen LogP contribution in [0.25, 0.3) is 5.52 Å². The van der Waals surface area contributed by atoms with Gasteiger partial charge in [-0.2, -0.15) is 0 Å². The van der Waals surface area contributed by atoms with Crippen LogP contribution in [0.4, 0.5) is 0 Å². The Hall–Kier alpha value is -1.31. The smallest absolute Gasteiger partial charge is 0.0714 e. The third kappa shape index (κ3) is 0.598. The molecule has 2 aromatic rings. The molecular formula is C7H5N2. The van der Waals surface area contributed by atoms with Gasteiger partial charge in [0.2, 0.25) is 0 Å². The molecule has 9 heavy (non-hydrogen) atoms. The largest absolute Gasteiger partial charge is 0.320 e. The summed E-state index contributed by atoms with van der Waals surface area (Å²) in [7, 11) is 0. The highest BCUT2D eigenvalue weighted by Crippen LogP contribution is 1.97.